The minimum atomic E-state index is -3.41. The van der Waals surface area contributed by atoms with E-state index in [0.717, 1.165) is 24.9 Å². The molecule has 0 saturated carbocycles. The maximum Gasteiger partial charge on any atom is 0.240 e. The third-order valence-corrected chi connectivity index (χ3v) is 5.53. The lowest BCUT2D eigenvalue weighted by Crippen LogP contribution is -2.39. The predicted octanol–water partition coefficient (Wildman–Crippen LogP) is 0.899. The van der Waals surface area contributed by atoms with Gasteiger partial charge < -0.3 is 10.6 Å². The summed E-state index contributed by atoms with van der Waals surface area (Å²) in [5.74, 6) is 0.125. The largest absolute Gasteiger partial charge is 0.338 e. The van der Waals surface area contributed by atoms with Gasteiger partial charge in [-0.05, 0) is 44.0 Å². The van der Waals surface area contributed by atoms with E-state index in [-0.39, 0.29) is 29.3 Å². The molecule has 3 N–H and O–H groups in total. The van der Waals surface area contributed by atoms with Crippen molar-refractivity contribution in [1.82, 2.24) is 9.62 Å². The average molecular weight is 362 g/mol. The Kier molecular flexibility index (Phi) is 7.47. The number of carbonyl (C=O) groups is 1. The summed E-state index contributed by atoms with van der Waals surface area (Å²) < 4.78 is 25.6. The zero-order valence-corrected chi connectivity index (χ0v) is 14.8. The molecular formula is C15H24ClN3O3S. The van der Waals surface area contributed by atoms with Crippen LogP contribution in [0.15, 0.2) is 29.2 Å². The predicted molar refractivity (Wildman–Crippen MR) is 92.0 cm³/mol. The second-order valence-electron chi connectivity index (χ2n) is 5.47. The second kappa shape index (κ2) is 8.63. The summed E-state index contributed by atoms with van der Waals surface area (Å²) >= 11 is 0. The van der Waals surface area contributed by atoms with E-state index in [1.807, 2.05) is 4.90 Å². The summed E-state index contributed by atoms with van der Waals surface area (Å²) in [6.07, 6.45) is 3.03. The maximum absolute atomic E-state index is 12.2. The van der Waals surface area contributed by atoms with Gasteiger partial charge in [0, 0.05) is 25.6 Å². The number of amides is 1. The van der Waals surface area contributed by atoms with Gasteiger partial charge in [0.1, 0.15) is 0 Å². The number of rotatable bonds is 6. The molecule has 2 rings (SSSR count). The van der Waals surface area contributed by atoms with Gasteiger partial charge >= 0.3 is 0 Å². The summed E-state index contributed by atoms with van der Waals surface area (Å²) in [6.45, 7) is 1.31. The summed E-state index contributed by atoms with van der Waals surface area (Å²) in [4.78, 5) is 14.3. The summed E-state index contributed by atoms with van der Waals surface area (Å²) in [5.41, 5.74) is 6.63. The van der Waals surface area contributed by atoms with E-state index in [1.54, 1.807) is 24.3 Å². The van der Waals surface area contributed by atoms with Crippen LogP contribution >= 0.6 is 12.4 Å². The van der Waals surface area contributed by atoms with Gasteiger partial charge in [0.05, 0.1) is 4.90 Å². The molecule has 6 nitrogen and oxygen atoms in total. The first-order valence-corrected chi connectivity index (χ1v) is 8.98. The van der Waals surface area contributed by atoms with Gasteiger partial charge in [0.15, 0.2) is 0 Å². The van der Waals surface area contributed by atoms with Crippen molar-refractivity contribution in [3.63, 3.8) is 0 Å². The van der Waals surface area contributed by atoms with E-state index in [2.05, 4.69) is 4.72 Å². The number of aryl methyl sites for hydroxylation is 1. The monoisotopic (exact) mass is 361 g/mol. The number of benzene rings is 1. The van der Waals surface area contributed by atoms with Gasteiger partial charge in [-0.15, -0.1) is 12.4 Å². The molecule has 0 spiro atoms. The Hall–Kier alpha value is -1.15. The molecule has 23 heavy (non-hydrogen) atoms. The van der Waals surface area contributed by atoms with Crippen LogP contribution in [-0.4, -0.2) is 45.4 Å². The topological polar surface area (TPSA) is 92.5 Å². The number of likely N-dealkylation sites (tertiary alicyclic amines) is 1. The highest BCUT2D eigenvalue weighted by Gasteiger charge is 2.26. The molecule has 1 saturated heterocycles. The third kappa shape index (κ3) is 4.91. The van der Waals surface area contributed by atoms with Crippen molar-refractivity contribution in [2.24, 2.45) is 5.73 Å². The molecule has 1 amide bonds. The number of carbonyl (C=O) groups excluding carboxylic acids is 1. The fraction of sp³-hybridized carbons (Fsp3) is 0.533. The first-order valence-electron chi connectivity index (χ1n) is 7.50. The van der Waals surface area contributed by atoms with Crippen LogP contribution in [-0.2, 0) is 21.2 Å². The Balaban J connectivity index is 0.00000264. The number of nitrogens with two attached hydrogens (primary N) is 1. The van der Waals surface area contributed by atoms with Gasteiger partial charge in [-0.25, -0.2) is 13.1 Å². The molecule has 1 aliphatic heterocycles. The minimum Gasteiger partial charge on any atom is -0.338 e. The van der Waals surface area contributed by atoms with E-state index in [9.17, 15) is 13.2 Å². The van der Waals surface area contributed by atoms with Crippen LogP contribution in [0.1, 0.15) is 24.8 Å². The average Bonchev–Trinajstić information content (AvgIpc) is 3.01. The minimum absolute atomic E-state index is 0. The zero-order valence-electron chi connectivity index (χ0n) is 13.2. The lowest BCUT2D eigenvalue weighted by molar-refractivity contribution is -0.131. The van der Waals surface area contributed by atoms with Crippen molar-refractivity contribution in [1.29, 1.82) is 0 Å². The third-order valence-electron chi connectivity index (χ3n) is 4.10. The van der Waals surface area contributed by atoms with Gasteiger partial charge in [-0.3, -0.25) is 4.79 Å². The molecule has 1 aromatic rings. The Morgan fingerprint density at radius 3 is 2.57 bits per heavy atom. The van der Waals surface area contributed by atoms with Gasteiger partial charge in [-0.1, -0.05) is 12.1 Å². The smallest absolute Gasteiger partial charge is 0.240 e. The molecular weight excluding hydrogens is 338 g/mol. The quantitative estimate of drug-likeness (QED) is 0.787. The molecule has 1 aromatic carbocycles. The molecule has 1 heterocycles. The van der Waals surface area contributed by atoms with Gasteiger partial charge in [-0.2, -0.15) is 0 Å². The van der Waals surface area contributed by atoms with Crippen molar-refractivity contribution in [2.75, 3.05) is 20.1 Å². The molecule has 0 aromatic heterocycles. The lowest BCUT2D eigenvalue weighted by Gasteiger charge is -2.23. The SMILES string of the molecule is CNS(=O)(=O)c1ccc(CCC(=O)N2CCCC2CN)cc1.Cl. The fourth-order valence-corrected chi connectivity index (χ4v) is 3.49. The van der Waals surface area contributed by atoms with E-state index >= 15 is 0 Å². The maximum atomic E-state index is 12.2. The number of hydrogen-bond acceptors (Lipinski definition) is 4. The Morgan fingerprint density at radius 2 is 2.00 bits per heavy atom. The summed E-state index contributed by atoms with van der Waals surface area (Å²) in [6, 6.07) is 6.80. The molecule has 1 unspecified atom stereocenters. The molecule has 0 aliphatic carbocycles. The molecule has 130 valence electrons. The number of hydrogen-bond donors (Lipinski definition) is 2. The second-order valence-corrected chi connectivity index (χ2v) is 7.36. The van der Waals surface area contributed by atoms with Crippen LogP contribution in [0.2, 0.25) is 0 Å². The Labute approximate surface area is 143 Å². The molecule has 1 fully saturated rings. The number of halogens is 1. The highest BCUT2D eigenvalue weighted by Crippen LogP contribution is 2.18. The van der Waals surface area contributed by atoms with Crippen molar-refractivity contribution in [2.45, 2.75) is 36.6 Å². The first kappa shape index (κ1) is 19.9. The van der Waals surface area contributed by atoms with Crippen LogP contribution in [0.5, 0.6) is 0 Å². The van der Waals surface area contributed by atoms with Gasteiger partial charge in [0.2, 0.25) is 15.9 Å². The zero-order chi connectivity index (χ0) is 16.2. The Morgan fingerprint density at radius 1 is 1.35 bits per heavy atom. The Bertz CT molecular complexity index is 619. The lowest BCUT2D eigenvalue weighted by atomic mass is 10.1. The van der Waals surface area contributed by atoms with Crippen molar-refractivity contribution in [3.05, 3.63) is 29.8 Å². The molecule has 0 bridgehead atoms. The van der Waals surface area contributed by atoms with Crippen molar-refractivity contribution >= 4 is 28.3 Å². The van der Waals surface area contributed by atoms with Crippen LogP contribution in [0, 0.1) is 0 Å². The normalized spacial score (nSPS) is 17.8. The molecule has 0 radical (unpaired) electrons. The molecule has 8 heteroatoms. The number of sulfonamides is 1. The van der Waals surface area contributed by atoms with Crippen LogP contribution < -0.4 is 10.5 Å². The number of nitrogens with zero attached hydrogens (tertiary/aromatic N) is 1. The first-order chi connectivity index (χ1) is 10.5. The standard InChI is InChI=1S/C15H23N3O3S.ClH/c1-17-22(20,21)14-7-4-12(5-8-14)6-9-15(19)18-10-2-3-13(18)11-16;/h4-5,7-8,13,17H,2-3,6,9-11,16H2,1H3;1H. The van der Waals surface area contributed by atoms with Gasteiger partial charge in [0.25, 0.3) is 0 Å². The highest BCUT2D eigenvalue weighted by atomic mass is 35.5. The highest BCUT2D eigenvalue weighted by molar-refractivity contribution is 7.89. The van der Waals surface area contributed by atoms with Crippen LogP contribution in [0.25, 0.3) is 0 Å². The fourth-order valence-electron chi connectivity index (χ4n) is 2.76. The summed E-state index contributed by atoms with van der Waals surface area (Å²) in [5, 5.41) is 0. The van der Waals surface area contributed by atoms with E-state index in [4.69, 9.17) is 5.73 Å². The van der Waals surface area contributed by atoms with E-state index in [1.165, 1.54) is 7.05 Å². The number of nitrogens with one attached hydrogen (secondary N) is 1. The van der Waals surface area contributed by atoms with Crippen molar-refractivity contribution in [3.8, 4) is 0 Å². The van der Waals surface area contributed by atoms with E-state index < -0.39 is 10.0 Å². The molecule has 1 aliphatic rings. The van der Waals surface area contributed by atoms with E-state index in [0.29, 0.717) is 19.4 Å². The van der Waals surface area contributed by atoms with Crippen molar-refractivity contribution < 1.29 is 13.2 Å². The summed E-state index contributed by atoms with van der Waals surface area (Å²) in [7, 11) is -2.03. The van der Waals surface area contributed by atoms with Crippen LogP contribution in [0.3, 0.4) is 0 Å². The van der Waals surface area contributed by atoms with Crippen LogP contribution in [0.4, 0.5) is 0 Å². The molecule has 1 atom stereocenters.